The first-order valence-corrected chi connectivity index (χ1v) is 9.10. The Balaban J connectivity index is 1.71. The largest absolute Gasteiger partial charge is 0.383 e. The van der Waals surface area contributed by atoms with Gasteiger partial charge in [0.05, 0.1) is 11.4 Å². The molecular formula is C21H18N6O. The number of rotatable bonds is 3. The van der Waals surface area contributed by atoms with E-state index in [0.717, 1.165) is 23.8 Å². The molecule has 0 spiro atoms. The molecular weight excluding hydrogens is 352 g/mol. The van der Waals surface area contributed by atoms with Crippen molar-refractivity contribution in [2.75, 3.05) is 5.73 Å². The number of nitrogen functional groups attached to an aromatic ring is 1. The quantitative estimate of drug-likeness (QED) is 0.576. The number of carbonyl (C=O) groups excluding carboxylic acids is 1. The Hall–Kier alpha value is -3.74. The van der Waals surface area contributed by atoms with Crippen LogP contribution in [0, 0.1) is 0 Å². The van der Waals surface area contributed by atoms with Crippen molar-refractivity contribution in [3.63, 3.8) is 0 Å². The lowest BCUT2D eigenvalue weighted by atomic mass is 10.1. The number of nitrogens with two attached hydrogens (primary N) is 2. The fraction of sp³-hybridized carbons (Fsp3) is 0.143. The van der Waals surface area contributed by atoms with Crippen LogP contribution in [0.4, 0.5) is 5.82 Å². The van der Waals surface area contributed by atoms with E-state index in [1.54, 1.807) is 12.1 Å². The molecule has 0 fully saturated rings. The zero-order valence-corrected chi connectivity index (χ0v) is 15.0. The summed E-state index contributed by atoms with van der Waals surface area (Å²) in [6, 6.07) is 15.5. The maximum Gasteiger partial charge on any atom is 0.248 e. The number of fused-ring (bicyclic) bond motifs is 2. The summed E-state index contributed by atoms with van der Waals surface area (Å²) >= 11 is 0. The molecule has 1 atom stereocenters. The molecule has 5 rings (SSSR count). The predicted molar refractivity (Wildman–Crippen MR) is 107 cm³/mol. The molecule has 1 amide bonds. The van der Waals surface area contributed by atoms with E-state index >= 15 is 0 Å². The maximum absolute atomic E-state index is 11.4. The zero-order valence-electron chi connectivity index (χ0n) is 15.0. The molecule has 0 saturated carbocycles. The molecule has 0 aliphatic heterocycles. The Labute approximate surface area is 161 Å². The van der Waals surface area contributed by atoms with Crippen LogP contribution >= 0.6 is 0 Å². The number of aryl methyl sites for hydroxylation is 1. The lowest BCUT2D eigenvalue weighted by Gasteiger charge is -2.13. The van der Waals surface area contributed by atoms with Crippen LogP contribution in [0.3, 0.4) is 0 Å². The minimum atomic E-state index is -0.465. The molecule has 4 aromatic rings. The minimum Gasteiger partial charge on any atom is -0.383 e. The number of hydrogen-bond donors (Lipinski definition) is 2. The van der Waals surface area contributed by atoms with Crippen LogP contribution < -0.4 is 11.5 Å². The average molecular weight is 370 g/mol. The Bertz CT molecular complexity index is 1210. The second-order valence-corrected chi connectivity index (χ2v) is 6.95. The third-order valence-corrected chi connectivity index (χ3v) is 5.36. The third kappa shape index (κ3) is 2.44. The van der Waals surface area contributed by atoms with Gasteiger partial charge in [0.1, 0.15) is 17.8 Å². The second kappa shape index (κ2) is 6.16. The van der Waals surface area contributed by atoms with E-state index in [9.17, 15) is 4.79 Å². The summed E-state index contributed by atoms with van der Waals surface area (Å²) in [7, 11) is 0. The Morgan fingerprint density at radius 3 is 2.64 bits per heavy atom. The lowest BCUT2D eigenvalue weighted by molar-refractivity contribution is 0.100. The normalized spacial score (nSPS) is 15.6. The van der Waals surface area contributed by atoms with E-state index in [-0.39, 0.29) is 6.04 Å². The van der Waals surface area contributed by atoms with Gasteiger partial charge in [-0.3, -0.25) is 4.79 Å². The number of hydrogen-bond acceptors (Lipinski definition) is 5. The second-order valence-electron chi connectivity index (χ2n) is 6.95. The highest BCUT2D eigenvalue weighted by molar-refractivity contribution is 5.99. The number of primary amides is 1. The van der Waals surface area contributed by atoms with E-state index in [1.165, 1.54) is 17.5 Å². The fourth-order valence-corrected chi connectivity index (χ4v) is 4.00. The summed E-state index contributed by atoms with van der Waals surface area (Å²) in [4.78, 5) is 20.0. The Morgan fingerprint density at radius 2 is 1.86 bits per heavy atom. The topological polar surface area (TPSA) is 113 Å². The zero-order chi connectivity index (χ0) is 19.3. The lowest BCUT2D eigenvalue weighted by Crippen LogP contribution is -2.10. The SMILES string of the molecule is NC(=O)c1ccc(-c2nn(C3CCc4ccccc43)c3ncnc(N)c23)cc1. The van der Waals surface area contributed by atoms with E-state index < -0.39 is 5.91 Å². The van der Waals surface area contributed by atoms with E-state index in [2.05, 4.69) is 34.2 Å². The highest BCUT2D eigenvalue weighted by atomic mass is 16.1. The Kier molecular flexibility index (Phi) is 3.61. The molecule has 28 heavy (non-hydrogen) atoms. The summed E-state index contributed by atoms with van der Waals surface area (Å²) in [6.45, 7) is 0. The van der Waals surface area contributed by atoms with Crippen molar-refractivity contribution < 1.29 is 4.79 Å². The number of anilines is 1. The molecule has 4 N–H and O–H groups in total. The molecule has 2 aromatic carbocycles. The number of benzene rings is 2. The van der Waals surface area contributed by atoms with Crippen molar-refractivity contribution in [1.29, 1.82) is 0 Å². The molecule has 138 valence electrons. The van der Waals surface area contributed by atoms with Gasteiger partial charge in [0.25, 0.3) is 0 Å². The molecule has 2 heterocycles. The standard InChI is InChI=1S/C21H18N6O/c22-19-17-18(13-5-7-14(8-6-13)20(23)28)26-27(21(17)25-11-24-19)16-10-9-12-3-1-2-4-15(12)16/h1-8,11,16H,9-10H2,(H2,23,28)(H2,22,24,25). The van der Waals surface area contributed by atoms with Crippen molar-refractivity contribution in [3.05, 3.63) is 71.5 Å². The van der Waals surface area contributed by atoms with Gasteiger partial charge < -0.3 is 11.5 Å². The van der Waals surface area contributed by atoms with Crippen molar-refractivity contribution in [1.82, 2.24) is 19.7 Å². The van der Waals surface area contributed by atoms with Crippen LogP contribution in [0.2, 0.25) is 0 Å². The molecule has 7 heteroatoms. The highest BCUT2D eigenvalue weighted by Crippen LogP contribution is 2.38. The van der Waals surface area contributed by atoms with Crippen LogP contribution in [0.25, 0.3) is 22.3 Å². The fourth-order valence-electron chi connectivity index (χ4n) is 4.00. The van der Waals surface area contributed by atoms with Crippen molar-refractivity contribution in [2.24, 2.45) is 5.73 Å². The number of aromatic nitrogens is 4. The van der Waals surface area contributed by atoms with Gasteiger partial charge in [0.2, 0.25) is 5.91 Å². The molecule has 1 unspecified atom stereocenters. The van der Waals surface area contributed by atoms with Gasteiger partial charge >= 0.3 is 0 Å². The predicted octanol–water partition coefficient (Wildman–Crippen LogP) is 2.71. The number of nitrogens with zero attached hydrogens (tertiary/aromatic N) is 4. The van der Waals surface area contributed by atoms with Crippen molar-refractivity contribution in [3.8, 4) is 11.3 Å². The van der Waals surface area contributed by atoms with E-state index in [4.69, 9.17) is 16.6 Å². The van der Waals surface area contributed by atoms with Crippen LogP contribution in [0.5, 0.6) is 0 Å². The van der Waals surface area contributed by atoms with Crippen LogP contribution in [-0.2, 0) is 6.42 Å². The van der Waals surface area contributed by atoms with Crippen molar-refractivity contribution in [2.45, 2.75) is 18.9 Å². The first-order chi connectivity index (χ1) is 13.6. The average Bonchev–Trinajstić information content (AvgIpc) is 3.30. The third-order valence-electron chi connectivity index (χ3n) is 5.36. The first kappa shape index (κ1) is 16.4. The van der Waals surface area contributed by atoms with Gasteiger partial charge in [0, 0.05) is 11.1 Å². The van der Waals surface area contributed by atoms with Gasteiger partial charge in [-0.2, -0.15) is 5.10 Å². The summed E-state index contributed by atoms with van der Waals surface area (Å²) in [5.41, 5.74) is 16.8. The van der Waals surface area contributed by atoms with E-state index in [0.29, 0.717) is 22.7 Å². The van der Waals surface area contributed by atoms with Gasteiger partial charge in [0.15, 0.2) is 5.65 Å². The molecule has 0 radical (unpaired) electrons. The highest BCUT2D eigenvalue weighted by Gasteiger charge is 2.28. The number of amides is 1. The van der Waals surface area contributed by atoms with Gasteiger partial charge in [-0.15, -0.1) is 0 Å². The summed E-state index contributed by atoms with van der Waals surface area (Å²) < 4.78 is 1.95. The van der Waals surface area contributed by atoms with Crippen LogP contribution in [0.15, 0.2) is 54.9 Å². The summed E-state index contributed by atoms with van der Waals surface area (Å²) in [6.07, 6.45) is 3.43. The van der Waals surface area contributed by atoms with Gasteiger partial charge in [-0.05, 0) is 36.1 Å². The smallest absolute Gasteiger partial charge is 0.248 e. The van der Waals surface area contributed by atoms with Crippen LogP contribution in [0.1, 0.15) is 33.9 Å². The number of carbonyl (C=O) groups is 1. The Morgan fingerprint density at radius 1 is 1.07 bits per heavy atom. The van der Waals surface area contributed by atoms with Crippen molar-refractivity contribution >= 4 is 22.8 Å². The molecule has 0 bridgehead atoms. The molecule has 1 aliphatic rings. The first-order valence-electron chi connectivity index (χ1n) is 9.10. The van der Waals surface area contributed by atoms with Gasteiger partial charge in [-0.25, -0.2) is 14.6 Å². The summed E-state index contributed by atoms with van der Waals surface area (Å²) in [5, 5.41) is 5.61. The minimum absolute atomic E-state index is 0.103. The van der Waals surface area contributed by atoms with E-state index in [1.807, 2.05) is 16.8 Å². The molecule has 1 aliphatic carbocycles. The molecule has 0 saturated heterocycles. The van der Waals surface area contributed by atoms with Gasteiger partial charge in [-0.1, -0.05) is 36.4 Å². The maximum atomic E-state index is 11.4. The monoisotopic (exact) mass is 370 g/mol. The molecule has 7 nitrogen and oxygen atoms in total. The summed E-state index contributed by atoms with van der Waals surface area (Å²) in [5.74, 6) is -0.0798. The molecule has 2 aromatic heterocycles. The van der Waals surface area contributed by atoms with Crippen LogP contribution in [-0.4, -0.2) is 25.7 Å².